The lowest BCUT2D eigenvalue weighted by molar-refractivity contribution is -0.139. The predicted molar refractivity (Wildman–Crippen MR) is 115 cm³/mol. The van der Waals surface area contributed by atoms with Gasteiger partial charge in [-0.05, 0) is 61.1 Å². The van der Waals surface area contributed by atoms with Crippen molar-refractivity contribution in [3.63, 3.8) is 0 Å². The molecule has 3 N–H and O–H groups in total. The van der Waals surface area contributed by atoms with Gasteiger partial charge in [-0.15, -0.1) is 0 Å². The summed E-state index contributed by atoms with van der Waals surface area (Å²) in [6, 6.07) is 8.01. The molecule has 32 heavy (non-hydrogen) atoms. The van der Waals surface area contributed by atoms with Gasteiger partial charge >= 0.3 is 6.18 Å². The lowest BCUT2D eigenvalue weighted by Gasteiger charge is -2.26. The Kier molecular flexibility index (Phi) is 9.98. The summed E-state index contributed by atoms with van der Waals surface area (Å²) in [4.78, 5) is 0. The van der Waals surface area contributed by atoms with Crippen LogP contribution in [-0.4, -0.2) is 30.5 Å². The second kappa shape index (κ2) is 12.0. The van der Waals surface area contributed by atoms with Crippen molar-refractivity contribution in [1.82, 2.24) is 0 Å². The zero-order chi connectivity index (χ0) is 23.8. The Morgan fingerprint density at radius 1 is 1.09 bits per heavy atom. The van der Waals surface area contributed by atoms with E-state index in [1.54, 1.807) is 6.07 Å². The summed E-state index contributed by atoms with van der Waals surface area (Å²) in [5.41, 5.74) is 4.96. The molecule has 0 saturated heterocycles. The quantitative estimate of drug-likeness (QED) is 0.250. The average Bonchev–Trinajstić information content (AvgIpc) is 2.76. The first-order chi connectivity index (χ1) is 15.1. The van der Waals surface area contributed by atoms with E-state index in [4.69, 9.17) is 26.6 Å². The largest absolute Gasteiger partial charge is 0.493 e. The van der Waals surface area contributed by atoms with Crippen LogP contribution in [-0.2, 0) is 28.1 Å². The van der Waals surface area contributed by atoms with Crippen molar-refractivity contribution in [2.45, 2.75) is 37.4 Å². The van der Waals surface area contributed by atoms with E-state index in [2.05, 4.69) is 0 Å². The van der Waals surface area contributed by atoms with Crippen LogP contribution in [0.25, 0.3) is 0 Å². The van der Waals surface area contributed by atoms with Crippen LogP contribution in [0.5, 0.6) is 5.75 Å². The summed E-state index contributed by atoms with van der Waals surface area (Å²) in [7, 11) is -1.50. The summed E-state index contributed by atoms with van der Waals surface area (Å²) in [5.74, 6) is -0.829. The zero-order valence-electron chi connectivity index (χ0n) is 17.1. The molecule has 2 atom stereocenters. The Bertz CT molecular complexity index is 916. The van der Waals surface area contributed by atoms with Crippen LogP contribution in [0.3, 0.4) is 0 Å². The van der Waals surface area contributed by atoms with E-state index in [0.717, 1.165) is 11.6 Å². The Morgan fingerprint density at radius 2 is 1.78 bits per heavy atom. The molecule has 0 spiro atoms. The molecule has 2 aromatic carbocycles. The zero-order valence-corrected chi connectivity index (χ0v) is 19.0. The topological polar surface area (TPSA) is 81.8 Å². The molecule has 0 heterocycles. The van der Waals surface area contributed by atoms with Gasteiger partial charge in [0.05, 0.1) is 35.9 Å². The van der Waals surface area contributed by atoms with Crippen molar-refractivity contribution < 1.29 is 36.5 Å². The first kappa shape index (κ1) is 26.6. The summed E-state index contributed by atoms with van der Waals surface area (Å²) >= 11 is 5.72. The first-order valence-electron chi connectivity index (χ1n) is 9.80. The standard InChI is InChI=1S/C21H25ClF4NO4P/c22-17-11-14(3-5-18(17)23)2-1-9-30-19-6-4-15(10-16(19)21(24,25)26)7-8-20(27,12-28)13-31-32-29/h3-6,10-11,28H,1-2,7-9,12-13,27,32H2. The van der Waals surface area contributed by atoms with E-state index >= 15 is 0 Å². The fourth-order valence-electron chi connectivity index (χ4n) is 3.02. The van der Waals surface area contributed by atoms with Crippen LogP contribution >= 0.6 is 20.3 Å². The molecule has 0 aliphatic carbocycles. The van der Waals surface area contributed by atoms with Crippen LogP contribution in [0.1, 0.15) is 29.5 Å². The second-order valence-electron chi connectivity index (χ2n) is 7.46. The molecule has 0 saturated carbocycles. The average molecular weight is 498 g/mol. The van der Waals surface area contributed by atoms with Crippen molar-refractivity contribution in [2.75, 3.05) is 19.8 Å². The molecule has 11 heteroatoms. The van der Waals surface area contributed by atoms with E-state index in [1.165, 1.54) is 24.3 Å². The number of halogens is 5. The highest BCUT2D eigenvalue weighted by Gasteiger charge is 2.35. The molecule has 0 radical (unpaired) electrons. The van der Waals surface area contributed by atoms with E-state index in [-0.39, 0.29) is 36.8 Å². The monoisotopic (exact) mass is 497 g/mol. The van der Waals surface area contributed by atoms with E-state index in [0.29, 0.717) is 18.4 Å². The van der Waals surface area contributed by atoms with Crippen LogP contribution in [0.4, 0.5) is 17.6 Å². The van der Waals surface area contributed by atoms with Gasteiger partial charge in [0.1, 0.15) is 11.6 Å². The Balaban J connectivity index is 2.01. The third-order valence-electron chi connectivity index (χ3n) is 4.87. The molecule has 0 aromatic heterocycles. The maximum Gasteiger partial charge on any atom is 0.419 e. The minimum Gasteiger partial charge on any atom is -0.493 e. The molecule has 178 valence electrons. The lowest BCUT2D eigenvalue weighted by Crippen LogP contribution is -2.47. The number of hydrogen-bond acceptors (Lipinski definition) is 5. The SMILES string of the molecule is NC(CO)(CCc1ccc(OCCCc2ccc(F)c(Cl)c2)c(C(F)(F)F)c1)CO[PH2]=O. The fraction of sp³-hybridized carbons (Fsp3) is 0.429. The van der Waals surface area contributed by atoms with Gasteiger partial charge in [0.2, 0.25) is 0 Å². The molecule has 0 aliphatic rings. The number of benzene rings is 2. The normalized spacial score (nSPS) is 14.1. The molecule has 0 bridgehead atoms. The number of rotatable bonds is 12. The third kappa shape index (κ3) is 8.05. The number of aliphatic hydroxyl groups excluding tert-OH is 1. The number of aryl methyl sites for hydroxylation is 2. The van der Waals surface area contributed by atoms with Gasteiger partial charge in [0.15, 0.2) is 8.69 Å². The highest BCUT2D eigenvalue weighted by molar-refractivity contribution is 7.17. The van der Waals surface area contributed by atoms with Gasteiger partial charge in [-0.25, -0.2) is 4.39 Å². The van der Waals surface area contributed by atoms with Gasteiger partial charge in [-0.3, -0.25) is 4.57 Å². The summed E-state index contributed by atoms with van der Waals surface area (Å²) in [6.45, 7) is -0.587. The lowest BCUT2D eigenvalue weighted by atomic mass is 9.93. The van der Waals surface area contributed by atoms with Crippen molar-refractivity contribution in [2.24, 2.45) is 5.73 Å². The van der Waals surface area contributed by atoms with Crippen molar-refractivity contribution in [3.8, 4) is 5.75 Å². The molecule has 0 amide bonds. The van der Waals surface area contributed by atoms with Gasteiger partial charge in [0, 0.05) is 0 Å². The fourth-order valence-corrected chi connectivity index (χ4v) is 3.63. The Labute approximate surface area is 189 Å². The van der Waals surface area contributed by atoms with Crippen LogP contribution in [0.15, 0.2) is 36.4 Å². The molecular weight excluding hydrogens is 473 g/mol. The van der Waals surface area contributed by atoms with Crippen LogP contribution in [0, 0.1) is 5.82 Å². The number of aliphatic hydroxyl groups is 1. The van der Waals surface area contributed by atoms with Crippen molar-refractivity contribution in [3.05, 3.63) is 63.9 Å². The predicted octanol–water partition coefficient (Wildman–Crippen LogP) is 4.82. The third-order valence-corrected chi connectivity index (χ3v) is 5.46. The summed E-state index contributed by atoms with van der Waals surface area (Å²) in [6.07, 6.45) is -3.45. The molecule has 0 aliphatic heterocycles. The van der Waals surface area contributed by atoms with E-state index < -0.39 is 38.4 Å². The van der Waals surface area contributed by atoms with Gasteiger partial charge in [-0.1, -0.05) is 23.7 Å². The van der Waals surface area contributed by atoms with Crippen molar-refractivity contribution in [1.29, 1.82) is 0 Å². The maximum atomic E-state index is 13.5. The Morgan fingerprint density at radius 3 is 2.41 bits per heavy atom. The maximum absolute atomic E-state index is 13.5. The molecule has 0 fully saturated rings. The summed E-state index contributed by atoms with van der Waals surface area (Å²) < 4.78 is 74.5. The molecule has 2 unspecified atom stereocenters. The van der Waals surface area contributed by atoms with E-state index in [1.807, 2.05) is 0 Å². The van der Waals surface area contributed by atoms with Crippen molar-refractivity contribution >= 4 is 20.3 Å². The number of hydrogen-bond donors (Lipinski definition) is 2. The number of ether oxygens (including phenoxy) is 1. The molecule has 2 aromatic rings. The van der Waals surface area contributed by atoms with Crippen LogP contribution < -0.4 is 10.5 Å². The number of alkyl halides is 3. The smallest absolute Gasteiger partial charge is 0.419 e. The molecule has 5 nitrogen and oxygen atoms in total. The van der Waals surface area contributed by atoms with Gasteiger partial charge in [0.25, 0.3) is 0 Å². The van der Waals surface area contributed by atoms with Crippen LogP contribution in [0.2, 0.25) is 5.02 Å². The summed E-state index contributed by atoms with van der Waals surface area (Å²) in [5, 5.41) is 9.41. The minimum atomic E-state index is -4.62. The van der Waals surface area contributed by atoms with Gasteiger partial charge < -0.3 is 20.1 Å². The molecular formula is C21H25ClF4NO4P. The molecule has 2 rings (SSSR count). The highest BCUT2D eigenvalue weighted by Crippen LogP contribution is 2.37. The minimum absolute atomic E-state index is 0.0121. The first-order valence-corrected chi connectivity index (χ1v) is 11.1. The van der Waals surface area contributed by atoms with E-state index in [9.17, 15) is 27.2 Å². The Hall–Kier alpha value is -1.64. The van der Waals surface area contributed by atoms with Gasteiger partial charge in [-0.2, -0.15) is 13.2 Å². The highest BCUT2D eigenvalue weighted by atomic mass is 35.5. The second-order valence-corrected chi connectivity index (χ2v) is 8.39. The number of nitrogens with two attached hydrogens (primary N) is 1.